The zero-order valence-corrected chi connectivity index (χ0v) is 16.5. The second-order valence-corrected chi connectivity index (χ2v) is 7.70. The van der Waals surface area contributed by atoms with Crippen LogP contribution in [0.3, 0.4) is 0 Å². The summed E-state index contributed by atoms with van der Waals surface area (Å²) < 4.78 is 0. The minimum atomic E-state index is -1.12. The Balaban J connectivity index is 1.77. The van der Waals surface area contributed by atoms with Gasteiger partial charge in [-0.05, 0) is 48.9 Å². The SMILES string of the molecule is Cc1cccc(N=C2NC(=O)/C(=C3/C(=O)N(CC(=O)O)c4ccccc43)S2)c1C. The number of nitrogens with one attached hydrogen (secondary N) is 1. The molecule has 0 radical (unpaired) electrons. The summed E-state index contributed by atoms with van der Waals surface area (Å²) in [6.45, 7) is 3.47. The van der Waals surface area contributed by atoms with E-state index in [1.807, 2.05) is 32.0 Å². The molecule has 2 aromatic rings. The van der Waals surface area contributed by atoms with Crippen LogP contribution < -0.4 is 10.2 Å². The van der Waals surface area contributed by atoms with Gasteiger partial charge in [0.05, 0.1) is 21.9 Å². The van der Waals surface area contributed by atoms with E-state index in [2.05, 4.69) is 10.3 Å². The maximum Gasteiger partial charge on any atom is 0.323 e. The first kappa shape index (κ1) is 18.9. The first-order valence-corrected chi connectivity index (χ1v) is 9.70. The highest BCUT2D eigenvalue weighted by Gasteiger charge is 2.39. The van der Waals surface area contributed by atoms with Gasteiger partial charge < -0.3 is 10.4 Å². The van der Waals surface area contributed by atoms with E-state index in [1.54, 1.807) is 24.3 Å². The Hall–Kier alpha value is -3.39. The van der Waals surface area contributed by atoms with Crippen LogP contribution in [0.15, 0.2) is 52.4 Å². The average molecular weight is 407 g/mol. The summed E-state index contributed by atoms with van der Waals surface area (Å²) in [6, 6.07) is 12.6. The molecule has 29 heavy (non-hydrogen) atoms. The molecule has 2 heterocycles. The standard InChI is InChI=1S/C21H17N3O4S/c1-11-6-5-8-14(12(11)2)22-21-23-19(27)18(29-21)17-13-7-3-4-9-15(13)24(20(17)28)10-16(25)26/h3-9H,10H2,1-2H3,(H,25,26)(H,22,23,27)/b18-17-. The van der Waals surface area contributed by atoms with E-state index in [9.17, 15) is 14.4 Å². The van der Waals surface area contributed by atoms with Gasteiger partial charge in [0.25, 0.3) is 11.8 Å². The van der Waals surface area contributed by atoms with Crippen LogP contribution in [-0.2, 0) is 14.4 Å². The zero-order valence-electron chi connectivity index (χ0n) is 15.7. The number of benzene rings is 2. The van der Waals surface area contributed by atoms with Crippen molar-refractivity contribution in [2.75, 3.05) is 11.4 Å². The minimum absolute atomic E-state index is 0.204. The van der Waals surface area contributed by atoms with Crippen molar-refractivity contribution in [2.24, 2.45) is 4.99 Å². The Bertz CT molecular complexity index is 1140. The van der Waals surface area contributed by atoms with E-state index in [4.69, 9.17) is 5.11 Å². The number of amides is 2. The molecule has 0 spiro atoms. The van der Waals surface area contributed by atoms with Gasteiger partial charge in [0.15, 0.2) is 5.17 Å². The fourth-order valence-corrected chi connectivity index (χ4v) is 4.22. The van der Waals surface area contributed by atoms with Crippen molar-refractivity contribution >= 4 is 51.7 Å². The van der Waals surface area contributed by atoms with Crippen LogP contribution in [-0.4, -0.2) is 34.6 Å². The number of carboxylic acids is 1. The molecule has 0 unspecified atom stereocenters. The van der Waals surface area contributed by atoms with Gasteiger partial charge in [0.1, 0.15) is 6.54 Å². The van der Waals surface area contributed by atoms with Crippen LogP contribution in [0.25, 0.3) is 5.57 Å². The van der Waals surface area contributed by atoms with E-state index in [0.717, 1.165) is 28.6 Å². The zero-order chi connectivity index (χ0) is 20.7. The number of carbonyl (C=O) groups excluding carboxylic acids is 2. The third-order valence-electron chi connectivity index (χ3n) is 4.87. The predicted octanol–water partition coefficient (Wildman–Crippen LogP) is 3.00. The lowest BCUT2D eigenvalue weighted by molar-refractivity contribution is -0.136. The molecule has 0 aliphatic carbocycles. The summed E-state index contributed by atoms with van der Waals surface area (Å²) in [5.74, 6) is -2.05. The second kappa shape index (κ2) is 7.21. The van der Waals surface area contributed by atoms with Crippen LogP contribution in [0.1, 0.15) is 16.7 Å². The summed E-state index contributed by atoms with van der Waals surface area (Å²) in [5, 5.41) is 12.3. The molecule has 8 heteroatoms. The minimum Gasteiger partial charge on any atom is -0.480 e. The number of rotatable bonds is 3. The number of para-hydroxylation sites is 1. The van der Waals surface area contributed by atoms with E-state index in [-0.39, 0.29) is 10.5 Å². The molecule has 0 bridgehead atoms. The fraction of sp³-hybridized carbons (Fsp3) is 0.143. The average Bonchev–Trinajstić information content (AvgIpc) is 3.16. The normalized spacial score (nSPS) is 19.7. The molecule has 7 nitrogen and oxygen atoms in total. The molecule has 2 N–H and O–H groups in total. The molecule has 4 rings (SSSR count). The van der Waals surface area contributed by atoms with Crippen molar-refractivity contribution in [1.82, 2.24) is 5.32 Å². The summed E-state index contributed by atoms with van der Waals surface area (Å²) >= 11 is 1.09. The molecule has 2 aliphatic heterocycles. The Morgan fingerprint density at radius 1 is 1.14 bits per heavy atom. The van der Waals surface area contributed by atoms with Gasteiger partial charge >= 0.3 is 5.97 Å². The maximum absolute atomic E-state index is 13.0. The van der Waals surface area contributed by atoms with Crippen molar-refractivity contribution in [3.63, 3.8) is 0 Å². The number of hydrogen-bond donors (Lipinski definition) is 2. The smallest absolute Gasteiger partial charge is 0.323 e. The lowest BCUT2D eigenvalue weighted by Gasteiger charge is -2.13. The van der Waals surface area contributed by atoms with Crippen LogP contribution in [0.4, 0.5) is 11.4 Å². The monoisotopic (exact) mass is 407 g/mol. The molecule has 1 fully saturated rings. The van der Waals surface area contributed by atoms with Gasteiger partial charge in [-0.3, -0.25) is 19.3 Å². The first-order valence-electron chi connectivity index (χ1n) is 8.88. The van der Waals surface area contributed by atoms with Crippen LogP contribution in [0, 0.1) is 13.8 Å². The number of amidine groups is 1. The third kappa shape index (κ3) is 3.31. The Morgan fingerprint density at radius 2 is 1.90 bits per heavy atom. The molecule has 2 aliphatic rings. The number of carboxylic acid groups (broad SMARTS) is 1. The molecule has 0 aromatic heterocycles. The summed E-state index contributed by atoms with van der Waals surface area (Å²) in [4.78, 5) is 42.7. The van der Waals surface area contributed by atoms with Crippen LogP contribution in [0.5, 0.6) is 0 Å². The van der Waals surface area contributed by atoms with Crippen LogP contribution >= 0.6 is 11.8 Å². The number of hydrogen-bond acceptors (Lipinski definition) is 5. The van der Waals surface area contributed by atoms with E-state index >= 15 is 0 Å². The largest absolute Gasteiger partial charge is 0.480 e. The summed E-state index contributed by atoms with van der Waals surface area (Å²) in [6.07, 6.45) is 0. The lowest BCUT2D eigenvalue weighted by Crippen LogP contribution is -2.32. The van der Waals surface area contributed by atoms with E-state index in [1.165, 1.54) is 4.90 Å². The molecule has 0 saturated carbocycles. The summed E-state index contributed by atoms with van der Waals surface area (Å²) in [7, 11) is 0. The highest BCUT2D eigenvalue weighted by molar-refractivity contribution is 8.18. The Morgan fingerprint density at radius 3 is 2.66 bits per heavy atom. The van der Waals surface area contributed by atoms with Crippen molar-refractivity contribution < 1.29 is 19.5 Å². The van der Waals surface area contributed by atoms with Crippen molar-refractivity contribution in [3.05, 3.63) is 64.1 Å². The molecule has 0 atom stereocenters. The molecule has 146 valence electrons. The number of aliphatic carboxylic acids is 1. The number of aliphatic imine (C=N–C) groups is 1. The van der Waals surface area contributed by atoms with Gasteiger partial charge in [-0.2, -0.15) is 0 Å². The first-order chi connectivity index (χ1) is 13.9. The van der Waals surface area contributed by atoms with Crippen molar-refractivity contribution in [3.8, 4) is 0 Å². The number of nitrogens with zero attached hydrogens (tertiary/aromatic N) is 2. The van der Waals surface area contributed by atoms with Crippen molar-refractivity contribution in [2.45, 2.75) is 13.8 Å². The molecular formula is C21H17N3O4S. The molecule has 1 saturated heterocycles. The van der Waals surface area contributed by atoms with E-state index < -0.39 is 24.3 Å². The van der Waals surface area contributed by atoms with Gasteiger partial charge in [-0.25, -0.2) is 4.99 Å². The Kier molecular flexibility index (Phi) is 4.71. The maximum atomic E-state index is 13.0. The molecule has 2 aromatic carbocycles. The molecule has 2 amide bonds. The predicted molar refractivity (Wildman–Crippen MR) is 112 cm³/mol. The highest BCUT2D eigenvalue weighted by Crippen LogP contribution is 2.42. The van der Waals surface area contributed by atoms with Gasteiger partial charge in [-0.15, -0.1) is 0 Å². The number of anilines is 1. The quantitative estimate of drug-likeness (QED) is 0.762. The molecular weight excluding hydrogens is 390 g/mol. The van der Waals surface area contributed by atoms with Crippen molar-refractivity contribution in [1.29, 1.82) is 0 Å². The summed E-state index contributed by atoms with van der Waals surface area (Å²) in [5.41, 5.74) is 4.06. The number of aryl methyl sites for hydroxylation is 1. The number of carbonyl (C=O) groups is 3. The number of fused-ring (bicyclic) bond motifs is 1. The van der Waals surface area contributed by atoms with Crippen LogP contribution in [0.2, 0.25) is 0 Å². The van der Waals surface area contributed by atoms with Gasteiger partial charge in [0, 0.05) is 5.56 Å². The Labute approximate surface area is 171 Å². The fourth-order valence-electron chi connectivity index (χ4n) is 3.30. The van der Waals surface area contributed by atoms with E-state index in [0.29, 0.717) is 16.4 Å². The third-order valence-corrected chi connectivity index (χ3v) is 5.85. The van der Waals surface area contributed by atoms with Gasteiger partial charge in [0.2, 0.25) is 0 Å². The topological polar surface area (TPSA) is 99.1 Å². The highest BCUT2D eigenvalue weighted by atomic mass is 32.2. The lowest BCUT2D eigenvalue weighted by atomic mass is 10.1. The second-order valence-electron chi connectivity index (χ2n) is 6.70. The number of thioether (sulfide) groups is 1. The van der Waals surface area contributed by atoms with Gasteiger partial charge in [-0.1, -0.05) is 30.3 Å².